The normalized spacial score (nSPS) is 15.1. The zero-order chi connectivity index (χ0) is 36.7. The van der Waals surface area contributed by atoms with Gasteiger partial charge < -0.3 is 28.6 Å². The number of ether oxygens (including phenoxy) is 4. The Kier molecular flexibility index (Phi) is 8.05. The average Bonchev–Trinajstić information content (AvgIpc) is 3.95. The summed E-state index contributed by atoms with van der Waals surface area (Å²) in [7, 11) is 3.19. The van der Waals surface area contributed by atoms with Gasteiger partial charge in [-0.2, -0.15) is 0 Å². The van der Waals surface area contributed by atoms with Crippen molar-refractivity contribution < 1.29 is 18.9 Å². The van der Waals surface area contributed by atoms with Crippen LogP contribution in [0.15, 0.2) is 34.3 Å². The molecule has 2 aliphatic heterocycles. The van der Waals surface area contributed by atoms with Crippen molar-refractivity contribution in [2.45, 2.75) is 38.9 Å². The lowest BCUT2D eigenvalue weighted by molar-refractivity contribution is 0.108. The maximum atomic E-state index is 9.23. The molecule has 0 saturated carbocycles. The molecule has 0 unspecified atom stereocenters. The van der Waals surface area contributed by atoms with Gasteiger partial charge in [-0.1, -0.05) is 45.8 Å². The fourth-order valence-corrected chi connectivity index (χ4v) is 14.4. The lowest BCUT2D eigenvalue weighted by Crippen LogP contribution is -2.27. The Morgan fingerprint density at radius 1 is 0.635 bits per heavy atom. The highest BCUT2D eigenvalue weighted by molar-refractivity contribution is 7.35. The molecule has 0 spiro atoms. The van der Waals surface area contributed by atoms with Gasteiger partial charge in [0.15, 0.2) is 0 Å². The first-order chi connectivity index (χ1) is 24.9. The third-order valence-corrected chi connectivity index (χ3v) is 15.9. The third-order valence-electron chi connectivity index (χ3n) is 8.37. The van der Waals surface area contributed by atoms with Crippen molar-refractivity contribution in [1.29, 1.82) is 10.5 Å². The zero-order valence-corrected chi connectivity index (χ0v) is 33.0. The summed E-state index contributed by atoms with van der Waals surface area (Å²) in [5, 5.41) is 19.5. The Balaban J connectivity index is 1.25. The number of hydrogen-bond donors (Lipinski definition) is 0. The number of thiophene rings is 6. The number of hydrogen-bond acceptors (Lipinski definition) is 14. The van der Waals surface area contributed by atoms with E-state index in [1.165, 1.54) is 41.8 Å². The van der Waals surface area contributed by atoms with E-state index >= 15 is 0 Å². The fourth-order valence-electron chi connectivity index (χ4n) is 6.28. The van der Waals surface area contributed by atoms with Gasteiger partial charge >= 0.3 is 11.7 Å². The molecule has 0 radical (unpaired) electrons. The molecule has 0 bridgehead atoms. The van der Waals surface area contributed by atoms with Crippen LogP contribution in [0, 0.1) is 35.8 Å². The molecule has 10 nitrogen and oxygen atoms in total. The van der Waals surface area contributed by atoms with Crippen molar-refractivity contribution in [2.75, 3.05) is 14.2 Å². The molecule has 8 rings (SSSR count). The van der Waals surface area contributed by atoms with E-state index < -0.39 is 11.2 Å². The van der Waals surface area contributed by atoms with E-state index in [9.17, 15) is 10.5 Å². The molecular formula is C36H22N6O4S6. The summed E-state index contributed by atoms with van der Waals surface area (Å²) in [6.45, 7) is 22.8. The van der Waals surface area contributed by atoms with Crippen LogP contribution in [-0.2, 0) is 11.2 Å². The lowest BCUT2D eigenvalue weighted by Gasteiger charge is -2.31. The molecule has 2 aliphatic rings. The van der Waals surface area contributed by atoms with E-state index in [0.29, 0.717) is 21.5 Å². The highest BCUT2D eigenvalue weighted by Crippen LogP contribution is 2.64. The fraction of sp³-hybridized carbons (Fsp3) is 0.222. The Bertz CT molecular complexity index is 2520. The minimum absolute atomic E-state index is 0.228. The van der Waals surface area contributed by atoms with Gasteiger partial charge in [-0.15, -0.1) is 45.3 Å². The molecule has 256 valence electrons. The maximum absolute atomic E-state index is 9.23. The minimum atomic E-state index is -0.623. The van der Waals surface area contributed by atoms with Crippen molar-refractivity contribution in [3.8, 4) is 74.2 Å². The monoisotopic (exact) mass is 794 g/mol. The van der Waals surface area contributed by atoms with Crippen LogP contribution in [0.3, 0.4) is 0 Å². The topological polar surface area (TPSA) is 118 Å². The van der Waals surface area contributed by atoms with Gasteiger partial charge in [-0.05, 0) is 27.7 Å². The number of rotatable bonds is 6. The molecule has 6 aromatic heterocycles. The summed E-state index contributed by atoms with van der Waals surface area (Å²) in [6.07, 6.45) is 0. The molecule has 0 atom stereocenters. The molecular weight excluding hydrogens is 773 g/mol. The van der Waals surface area contributed by atoms with Crippen LogP contribution in [0.5, 0.6) is 23.0 Å². The van der Waals surface area contributed by atoms with Crippen molar-refractivity contribution in [1.82, 2.24) is 0 Å². The summed E-state index contributed by atoms with van der Waals surface area (Å²) in [5.74, 6) is 2.38. The van der Waals surface area contributed by atoms with Crippen LogP contribution >= 0.6 is 68.0 Å². The predicted molar refractivity (Wildman–Crippen MR) is 212 cm³/mol. The number of methoxy groups -OCH3 is 2. The van der Waals surface area contributed by atoms with Crippen molar-refractivity contribution in [3.05, 3.63) is 58.2 Å². The van der Waals surface area contributed by atoms with Crippen LogP contribution in [0.25, 0.3) is 58.1 Å². The second kappa shape index (κ2) is 12.3. The van der Waals surface area contributed by atoms with E-state index in [-0.39, 0.29) is 11.7 Å². The summed E-state index contributed by atoms with van der Waals surface area (Å²) in [5.41, 5.74) is 1.05. The summed E-state index contributed by atoms with van der Waals surface area (Å²) in [6, 6.07) is 11.2. The summed E-state index contributed by atoms with van der Waals surface area (Å²) >= 11 is 9.52. The molecule has 0 saturated heterocycles. The van der Waals surface area contributed by atoms with Crippen LogP contribution in [0.1, 0.15) is 38.8 Å². The maximum Gasteiger partial charge on any atom is 0.350 e. The molecule has 52 heavy (non-hydrogen) atoms. The van der Waals surface area contributed by atoms with Gasteiger partial charge in [0.1, 0.15) is 46.3 Å². The van der Waals surface area contributed by atoms with Crippen molar-refractivity contribution in [2.24, 2.45) is 9.98 Å². The highest BCUT2D eigenvalue weighted by Gasteiger charge is 2.44. The minimum Gasteiger partial charge on any atom is -0.495 e. The van der Waals surface area contributed by atoms with E-state index in [0.717, 1.165) is 51.9 Å². The zero-order valence-electron chi connectivity index (χ0n) is 28.1. The first-order valence-electron chi connectivity index (χ1n) is 15.3. The van der Waals surface area contributed by atoms with Gasteiger partial charge in [-0.3, -0.25) is 0 Å². The largest absolute Gasteiger partial charge is 0.495 e. The number of nitriles is 2. The molecule has 0 amide bonds. The Morgan fingerprint density at radius 3 is 1.38 bits per heavy atom. The molecule has 0 N–H and O–H groups in total. The molecule has 0 fully saturated rings. The molecule has 6 aromatic rings. The van der Waals surface area contributed by atoms with Crippen LogP contribution in [0.2, 0.25) is 0 Å². The van der Waals surface area contributed by atoms with Crippen molar-refractivity contribution >= 4 is 99.1 Å². The van der Waals surface area contributed by atoms with E-state index in [4.69, 9.17) is 32.1 Å². The average molecular weight is 795 g/mol. The van der Waals surface area contributed by atoms with E-state index in [1.54, 1.807) is 71.7 Å². The molecule has 0 aliphatic carbocycles. The van der Waals surface area contributed by atoms with Crippen LogP contribution in [-0.4, -0.2) is 25.9 Å². The molecule has 16 heteroatoms. The van der Waals surface area contributed by atoms with Gasteiger partial charge in [-0.25, -0.2) is 10.5 Å². The van der Waals surface area contributed by atoms with Crippen LogP contribution < -0.4 is 18.9 Å². The summed E-state index contributed by atoms with van der Waals surface area (Å²) < 4.78 is 27.3. The molecule has 8 heterocycles. The molecule has 0 aromatic carbocycles. The summed E-state index contributed by atoms with van der Waals surface area (Å²) in [4.78, 5) is 22.8. The van der Waals surface area contributed by atoms with Gasteiger partial charge in [0, 0.05) is 35.4 Å². The van der Waals surface area contributed by atoms with Gasteiger partial charge in [0.25, 0.3) is 0 Å². The number of aliphatic imine (C=N–C) groups is 2. The second-order valence-corrected chi connectivity index (χ2v) is 18.6. The van der Waals surface area contributed by atoms with Gasteiger partial charge in [0.2, 0.25) is 10.0 Å². The number of nitrogens with zero attached hydrogens (tertiary/aromatic N) is 6. The van der Waals surface area contributed by atoms with Crippen molar-refractivity contribution in [3.63, 3.8) is 0 Å². The smallest absolute Gasteiger partial charge is 0.350 e. The van der Waals surface area contributed by atoms with E-state index in [2.05, 4.69) is 47.4 Å². The third kappa shape index (κ3) is 5.22. The Morgan fingerprint density at radius 2 is 1.04 bits per heavy atom. The first kappa shape index (κ1) is 34.1. The highest BCUT2D eigenvalue weighted by atomic mass is 32.1. The number of amidine groups is 2. The van der Waals surface area contributed by atoms with Crippen LogP contribution in [0.4, 0.5) is 10.0 Å². The standard InChI is InChI=1S/C36H22N6O4S6/c1-35(2)25-31(29-17(45-35)9-19(47-29)27-15(43-7)11-23(49-27)41-21(13-37)39-5)51-34-26-32(52-33(25)34)30-18(46-36(26,3)4)10-20(48-30)28-16(44-8)12-24(50-28)42-22(14-38)40-6/h9-12H,1-4,7-8H3. The lowest BCUT2D eigenvalue weighted by atomic mass is 9.92. The Hall–Kier alpha value is -5.04. The van der Waals surface area contributed by atoms with Gasteiger partial charge in [0.05, 0.1) is 62.6 Å². The predicted octanol–water partition coefficient (Wildman–Crippen LogP) is 12.1. The second-order valence-electron chi connectivity index (χ2n) is 12.4. The van der Waals surface area contributed by atoms with E-state index in [1.807, 2.05) is 24.3 Å². The SMILES string of the molecule is [C-]#[N+]C(C#N)=Nc1cc(OC)c(-c2cc3c(s2)-c2sc4c5c(sc4c2C(C)(C)O3)-c2sc(-c3sc(N=C(C#N)[N+]#[C-])cc3OC)cc2OC5(C)C)s1. The quantitative estimate of drug-likeness (QED) is 0.0941. The Labute approximate surface area is 322 Å². The first-order valence-corrected chi connectivity index (χ1v) is 20.2. The number of fused-ring (bicyclic) bond motifs is 9.